The average Bonchev–Trinajstić information content (AvgIpc) is 2.47. The second-order valence-electron chi connectivity index (χ2n) is 7.46. The maximum atomic E-state index is 11.6. The summed E-state index contributed by atoms with van der Waals surface area (Å²) in [6.45, 7) is 6.61. The van der Waals surface area contributed by atoms with Gasteiger partial charge in [0.15, 0.2) is 5.75 Å². The average molecular weight is 370 g/mol. The van der Waals surface area contributed by atoms with Crippen LogP contribution < -0.4 is 9.46 Å². The summed E-state index contributed by atoms with van der Waals surface area (Å²) in [4.78, 5) is 10.5. The SMILES string of the molecule is CC(C)C1(C)CCCC(Oc2cc([N+](=O)[O-])ccc2NS(C)(=O)=O)C1. The topological polar surface area (TPSA) is 98.5 Å². The quantitative estimate of drug-likeness (QED) is 0.604. The molecule has 25 heavy (non-hydrogen) atoms. The molecule has 1 saturated carbocycles. The van der Waals surface area contributed by atoms with Gasteiger partial charge in [-0.1, -0.05) is 20.8 Å². The molecule has 7 nitrogen and oxygen atoms in total. The Morgan fingerprint density at radius 3 is 2.64 bits per heavy atom. The normalized spacial score (nSPS) is 24.1. The smallest absolute Gasteiger partial charge is 0.273 e. The fourth-order valence-electron chi connectivity index (χ4n) is 3.27. The minimum atomic E-state index is -3.51. The van der Waals surface area contributed by atoms with Gasteiger partial charge < -0.3 is 4.74 Å². The van der Waals surface area contributed by atoms with Gasteiger partial charge in [-0.2, -0.15) is 0 Å². The molecule has 0 saturated heterocycles. The van der Waals surface area contributed by atoms with Crippen LogP contribution in [0.3, 0.4) is 0 Å². The van der Waals surface area contributed by atoms with E-state index in [1.54, 1.807) is 0 Å². The number of nitro groups is 1. The zero-order chi connectivity index (χ0) is 18.8. The van der Waals surface area contributed by atoms with Gasteiger partial charge in [-0.05, 0) is 43.1 Å². The molecule has 0 aliphatic heterocycles. The van der Waals surface area contributed by atoms with Crippen molar-refractivity contribution in [3.05, 3.63) is 28.3 Å². The highest BCUT2D eigenvalue weighted by molar-refractivity contribution is 7.92. The number of anilines is 1. The zero-order valence-electron chi connectivity index (χ0n) is 15.1. The Bertz CT molecular complexity index is 747. The summed E-state index contributed by atoms with van der Waals surface area (Å²) in [6.07, 6.45) is 4.77. The number of rotatable bonds is 6. The van der Waals surface area contributed by atoms with Crippen molar-refractivity contribution in [2.75, 3.05) is 11.0 Å². The second kappa shape index (κ2) is 7.19. The number of nitrogens with one attached hydrogen (secondary N) is 1. The summed E-state index contributed by atoms with van der Waals surface area (Å²) in [5, 5.41) is 11.0. The summed E-state index contributed by atoms with van der Waals surface area (Å²) in [5.74, 6) is 0.704. The van der Waals surface area contributed by atoms with E-state index in [2.05, 4.69) is 25.5 Å². The van der Waals surface area contributed by atoms with E-state index >= 15 is 0 Å². The van der Waals surface area contributed by atoms with Crippen LogP contribution in [-0.4, -0.2) is 25.7 Å². The van der Waals surface area contributed by atoms with E-state index in [-0.39, 0.29) is 28.6 Å². The molecule has 0 spiro atoms. The van der Waals surface area contributed by atoms with Crippen molar-refractivity contribution >= 4 is 21.4 Å². The van der Waals surface area contributed by atoms with Gasteiger partial charge in [0, 0.05) is 6.07 Å². The second-order valence-corrected chi connectivity index (χ2v) is 9.21. The van der Waals surface area contributed by atoms with Gasteiger partial charge in [0.2, 0.25) is 10.0 Å². The highest BCUT2D eigenvalue weighted by Gasteiger charge is 2.36. The fraction of sp³-hybridized carbons (Fsp3) is 0.647. The van der Waals surface area contributed by atoms with Gasteiger partial charge in [-0.15, -0.1) is 0 Å². The number of nitro benzene ring substituents is 1. The van der Waals surface area contributed by atoms with Gasteiger partial charge in [0.1, 0.15) is 0 Å². The summed E-state index contributed by atoms with van der Waals surface area (Å²) in [5.41, 5.74) is 0.245. The number of nitrogens with zero attached hydrogens (tertiary/aromatic N) is 1. The van der Waals surface area contributed by atoms with Crippen LogP contribution in [-0.2, 0) is 10.0 Å². The molecule has 0 bridgehead atoms. The first-order valence-electron chi connectivity index (χ1n) is 8.43. The lowest BCUT2D eigenvalue weighted by atomic mass is 9.67. The van der Waals surface area contributed by atoms with Crippen LogP contribution in [0.1, 0.15) is 46.5 Å². The molecule has 0 aromatic heterocycles. The van der Waals surface area contributed by atoms with Crippen molar-refractivity contribution < 1.29 is 18.1 Å². The van der Waals surface area contributed by atoms with Gasteiger partial charge in [-0.3, -0.25) is 14.8 Å². The van der Waals surface area contributed by atoms with Gasteiger partial charge >= 0.3 is 0 Å². The number of benzene rings is 1. The minimum Gasteiger partial charge on any atom is -0.488 e. The molecule has 8 heteroatoms. The molecule has 1 aromatic carbocycles. The van der Waals surface area contributed by atoms with Crippen LogP contribution >= 0.6 is 0 Å². The fourth-order valence-corrected chi connectivity index (χ4v) is 3.84. The summed E-state index contributed by atoms with van der Waals surface area (Å²) in [7, 11) is -3.51. The van der Waals surface area contributed by atoms with E-state index in [4.69, 9.17) is 4.74 Å². The molecule has 1 aromatic rings. The van der Waals surface area contributed by atoms with Crippen molar-refractivity contribution in [3.63, 3.8) is 0 Å². The van der Waals surface area contributed by atoms with Crippen LogP contribution in [0.2, 0.25) is 0 Å². The molecule has 2 unspecified atom stereocenters. The molecule has 2 rings (SSSR count). The van der Waals surface area contributed by atoms with E-state index in [1.165, 1.54) is 18.2 Å². The Balaban J connectivity index is 2.29. The Kier molecular flexibility index (Phi) is 5.61. The van der Waals surface area contributed by atoms with Crippen LogP contribution in [0.25, 0.3) is 0 Å². The summed E-state index contributed by atoms with van der Waals surface area (Å²) >= 11 is 0. The molecule has 1 aliphatic carbocycles. The van der Waals surface area contributed by atoms with Crippen molar-refractivity contribution in [1.29, 1.82) is 0 Å². The van der Waals surface area contributed by atoms with E-state index in [9.17, 15) is 18.5 Å². The maximum absolute atomic E-state index is 11.6. The first-order valence-corrected chi connectivity index (χ1v) is 10.3. The summed E-state index contributed by atoms with van der Waals surface area (Å²) < 4.78 is 31.5. The summed E-state index contributed by atoms with van der Waals surface area (Å²) in [6, 6.07) is 3.92. The maximum Gasteiger partial charge on any atom is 0.273 e. The van der Waals surface area contributed by atoms with Gasteiger partial charge in [0.25, 0.3) is 5.69 Å². The Hall–Kier alpha value is -1.83. The van der Waals surface area contributed by atoms with E-state index in [0.29, 0.717) is 5.92 Å². The number of non-ortho nitro benzene ring substituents is 1. The van der Waals surface area contributed by atoms with Crippen molar-refractivity contribution in [2.24, 2.45) is 11.3 Å². The lowest BCUT2D eigenvalue weighted by Crippen LogP contribution is -2.36. The van der Waals surface area contributed by atoms with Crippen LogP contribution in [0, 0.1) is 21.4 Å². The lowest BCUT2D eigenvalue weighted by molar-refractivity contribution is -0.384. The van der Waals surface area contributed by atoms with Crippen molar-refractivity contribution in [2.45, 2.75) is 52.6 Å². The highest BCUT2D eigenvalue weighted by Crippen LogP contribution is 2.44. The molecule has 2 atom stereocenters. The third kappa shape index (κ3) is 5.07. The van der Waals surface area contributed by atoms with E-state index < -0.39 is 14.9 Å². The van der Waals surface area contributed by atoms with Crippen LogP contribution in [0.4, 0.5) is 11.4 Å². The molecule has 1 N–H and O–H groups in total. The molecular formula is C17H26N2O5S. The predicted molar refractivity (Wildman–Crippen MR) is 97.4 cm³/mol. The first kappa shape index (κ1) is 19.5. The molecular weight excluding hydrogens is 344 g/mol. The third-order valence-electron chi connectivity index (χ3n) is 5.13. The van der Waals surface area contributed by atoms with E-state index in [1.807, 2.05) is 0 Å². The zero-order valence-corrected chi connectivity index (χ0v) is 15.9. The minimum absolute atomic E-state index is 0.0942. The largest absolute Gasteiger partial charge is 0.488 e. The van der Waals surface area contributed by atoms with Crippen molar-refractivity contribution in [3.8, 4) is 5.75 Å². The van der Waals surface area contributed by atoms with Crippen LogP contribution in [0.15, 0.2) is 18.2 Å². The monoisotopic (exact) mass is 370 g/mol. The number of ether oxygens (including phenoxy) is 1. The number of hydrogen-bond donors (Lipinski definition) is 1. The molecule has 1 aliphatic rings. The predicted octanol–water partition coefficient (Wildman–Crippen LogP) is 3.95. The molecule has 140 valence electrons. The van der Waals surface area contributed by atoms with Gasteiger partial charge in [-0.25, -0.2) is 8.42 Å². The molecule has 0 radical (unpaired) electrons. The first-order chi connectivity index (χ1) is 11.5. The Morgan fingerprint density at radius 2 is 2.08 bits per heavy atom. The standard InChI is InChI=1S/C17H26N2O5S/c1-12(2)17(3)9-5-6-14(11-17)24-16-10-13(19(20)21)7-8-15(16)18-25(4,22)23/h7-8,10,12,14,18H,5-6,9,11H2,1-4H3. The van der Waals surface area contributed by atoms with E-state index in [0.717, 1.165) is 31.9 Å². The Morgan fingerprint density at radius 1 is 1.40 bits per heavy atom. The third-order valence-corrected chi connectivity index (χ3v) is 5.72. The molecule has 1 fully saturated rings. The lowest BCUT2D eigenvalue weighted by Gasteiger charge is -2.41. The number of sulfonamides is 1. The molecule has 0 heterocycles. The van der Waals surface area contributed by atoms with Gasteiger partial charge in [0.05, 0.1) is 29.0 Å². The van der Waals surface area contributed by atoms with Crippen molar-refractivity contribution in [1.82, 2.24) is 0 Å². The highest BCUT2D eigenvalue weighted by atomic mass is 32.2. The number of hydrogen-bond acceptors (Lipinski definition) is 5. The Labute approximate surface area is 149 Å². The molecule has 0 amide bonds. The van der Waals surface area contributed by atoms with Crippen LogP contribution in [0.5, 0.6) is 5.75 Å².